The van der Waals surface area contributed by atoms with Crippen LogP contribution in [0.25, 0.3) is 22.2 Å². The summed E-state index contributed by atoms with van der Waals surface area (Å²) in [7, 11) is 0. The van der Waals surface area contributed by atoms with Gasteiger partial charge in [-0.3, -0.25) is 9.59 Å². The van der Waals surface area contributed by atoms with Crippen LogP contribution in [-0.2, 0) is 21.6 Å². The predicted octanol–water partition coefficient (Wildman–Crippen LogP) is 4.54. The van der Waals surface area contributed by atoms with Gasteiger partial charge in [0.15, 0.2) is 11.5 Å². The van der Waals surface area contributed by atoms with Gasteiger partial charge < -0.3 is 35.1 Å². The number of rotatable bonds is 10. The molecule has 5 aliphatic rings. The summed E-state index contributed by atoms with van der Waals surface area (Å²) >= 11 is 0. The average Bonchev–Trinajstić information content (AvgIpc) is 4.03. The third-order valence-corrected chi connectivity index (χ3v) is 10.2. The van der Waals surface area contributed by atoms with Gasteiger partial charge >= 0.3 is 6.29 Å². The number of nitrogens with two attached hydrogens (primary N) is 1. The largest absolute Gasteiger partial charge is 0.586 e. The van der Waals surface area contributed by atoms with Gasteiger partial charge in [0.2, 0.25) is 11.7 Å². The molecule has 4 heterocycles. The Labute approximate surface area is 282 Å². The first-order valence-electron chi connectivity index (χ1n) is 16.5. The molecule has 15 heteroatoms. The van der Waals surface area contributed by atoms with E-state index in [-0.39, 0.29) is 59.4 Å². The number of nitrogens with one attached hydrogen (secondary N) is 1. The molecular weight excluding hydrogens is 659 g/mol. The summed E-state index contributed by atoms with van der Waals surface area (Å²) in [6.45, 7) is 1.25. The normalized spacial score (nSPS) is 23.5. The van der Waals surface area contributed by atoms with Crippen molar-refractivity contribution >= 4 is 22.7 Å². The zero-order chi connectivity index (χ0) is 34.8. The van der Waals surface area contributed by atoms with Gasteiger partial charge in [-0.2, -0.15) is 5.10 Å². The average molecular weight is 692 g/mol. The first-order chi connectivity index (χ1) is 23.7. The number of hydrogen-bond donors (Lipinski definition) is 3. The molecule has 2 aromatic heterocycles. The van der Waals surface area contributed by atoms with Crippen molar-refractivity contribution in [3.8, 4) is 34.3 Å². The summed E-state index contributed by atoms with van der Waals surface area (Å²) in [4.78, 5) is 31.3. The monoisotopic (exact) mass is 691 g/mol. The lowest BCUT2D eigenvalue weighted by atomic mass is 9.81. The molecule has 3 aliphatic carbocycles. The minimum Gasteiger partial charge on any atom is -0.489 e. The highest BCUT2D eigenvalue weighted by atomic mass is 19.3. The fourth-order valence-electron chi connectivity index (χ4n) is 6.65. The molecule has 0 radical (unpaired) electrons. The molecule has 2 aromatic carbocycles. The quantitative estimate of drug-likeness (QED) is 0.217. The first kappa shape index (κ1) is 31.0. The van der Waals surface area contributed by atoms with Crippen LogP contribution in [0.4, 0.5) is 13.2 Å². The summed E-state index contributed by atoms with van der Waals surface area (Å²) in [5.41, 5.74) is 4.51. The van der Waals surface area contributed by atoms with E-state index in [0.717, 1.165) is 12.8 Å². The Kier molecular flexibility index (Phi) is 6.35. The van der Waals surface area contributed by atoms with Crippen LogP contribution in [0.1, 0.15) is 67.1 Å². The number of hydrogen-bond acceptors (Lipinski definition) is 9. The number of aromatic nitrogens is 3. The summed E-state index contributed by atoms with van der Waals surface area (Å²) < 4.78 is 65.1. The molecule has 2 aliphatic heterocycles. The first-order valence-corrected chi connectivity index (χ1v) is 16.5. The molecule has 3 fully saturated rings. The predicted molar refractivity (Wildman–Crippen MR) is 169 cm³/mol. The maximum absolute atomic E-state index is 14.9. The lowest BCUT2D eigenvalue weighted by Gasteiger charge is -2.30. The lowest BCUT2D eigenvalue weighted by molar-refractivity contribution is -0.286. The van der Waals surface area contributed by atoms with Crippen molar-refractivity contribution in [3.63, 3.8) is 0 Å². The highest BCUT2D eigenvalue weighted by Crippen LogP contribution is 2.51. The molecule has 50 heavy (non-hydrogen) atoms. The fraction of sp³-hybridized carbons (Fsp3) is 0.429. The number of primary amides is 1. The van der Waals surface area contributed by atoms with E-state index >= 15 is 0 Å². The van der Waals surface area contributed by atoms with Crippen LogP contribution < -0.4 is 30.0 Å². The number of aliphatic hydroxyl groups is 1. The van der Waals surface area contributed by atoms with Crippen LogP contribution in [0.5, 0.6) is 23.0 Å². The number of alkyl halides is 3. The van der Waals surface area contributed by atoms with E-state index in [1.165, 1.54) is 22.9 Å². The maximum atomic E-state index is 14.9. The van der Waals surface area contributed by atoms with Crippen molar-refractivity contribution in [1.29, 1.82) is 0 Å². The van der Waals surface area contributed by atoms with Crippen LogP contribution in [0, 0.1) is 5.92 Å². The van der Waals surface area contributed by atoms with Gasteiger partial charge in [0, 0.05) is 41.1 Å². The number of fused-ring (bicyclic) bond motifs is 3. The second kappa shape index (κ2) is 10.2. The van der Waals surface area contributed by atoms with Gasteiger partial charge in [-0.25, -0.2) is 14.1 Å². The molecule has 9 rings (SSSR count). The molecular formula is C35H32F3N5O7. The van der Waals surface area contributed by atoms with E-state index < -0.39 is 34.9 Å². The molecule has 12 nitrogen and oxygen atoms in total. The van der Waals surface area contributed by atoms with Crippen molar-refractivity contribution in [3.05, 3.63) is 59.4 Å². The van der Waals surface area contributed by atoms with Gasteiger partial charge in [-0.1, -0.05) is 0 Å². The zero-order valence-electron chi connectivity index (χ0n) is 26.8. The van der Waals surface area contributed by atoms with Crippen LogP contribution in [-0.4, -0.2) is 57.2 Å². The maximum Gasteiger partial charge on any atom is 0.586 e. The Morgan fingerprint density at radius 3 is 2.56 bits per heavy atom. The number of halogens is 3. The number of ether oxygens (including phenoxy) is 4. The molecule has 2 atom stereocenters. The standard InChI is InChI=1S/C35H32F3N5O7/c1-32(31(39)45)16-47-29-22(32)13-26(41-28(29)17-2-7-23-24(11-17)50-35(37,38)49-23)34(46,20-3-4-20)15-40-30(44)18-10-19-14-43(33(36)8-9-33)42-27(19)25(12-18)48-21-5-6-21/h2,7,10-14,20-21,46H,3-6,8-9,15-16H2,1H3,(H2,39,45)(H,40,44)/t32-,34?/m0/s1. The Balaban J connectivity index is 1.07. The number of nitrogens with zero attached hydrogens (tertiary/aromatic N) is 3. The second-order valence-electron chi connectivity index (χ2n) is 14.1. The summed E-state index contributed by atoms with van der Waals surface area (Å²) in [5.74, 6) is -2.82. The van der Waals surface area contributed by atoms with Gasteiger partial charge in [0.1, 0.15) is 40.3 Å². The van der Waals surface area contributed by atoms with Gasteiger partial charge in [-0.15, -0.1) is 8.78 Å². The summed E-state index contributed by atoms with van der Waals surface area (Å²) in [6.07, 6.45) is 1.47. The zero-order valence-corrected chi connectivity index (χ0v) is 26.8. The number of pyridine rings is 1. The SMILES string of the molecule is C[C@]1(C(N)=O)COc2c1cc(C(O)(CNC(=O)c1cc(OC3CC3)c3nn(C4(F)CC4)cc3c1)C1CC1)nc2-c1ccc2c(c1)OC(F)(F)O2. The lowest BCUT2D eigenvalue weighted by Crippen LogP contribution is -2.44. The van der Waals surface area contributed by atoms with E-state index in [2.05, 4.69) is 19.9 Å². The van der Waals surface area contributed by atoms with Crippen LogP contribution in [0.3, 0.4) is 0 Å². The van der Waals surface area contributed by atoms with Crippen LogP contribution in [0.15, 0.2) is 42.6 Å². The fourth-order valence-corrected chi connectivity index (χ4v) is 6.65. The minimum absolute atomic E-state index is 0.00159. The van der Waals surface area contributed by atoms with E-state index in [4.69, 9.17) is 20.2 Å². The molecule has 0 saturated heterocycles. The van der Waals surface area contributed by atoms with E-state index in [1.54, 1.807) is 31.3 Å². The van der Waals surface area contributed by atoms with Crippen LogP contribution >= 0.6 is 0 Å². The third kappa shape index (κ3) is 5.00. The molecule has 2 amide bonds. The van der Waals surface area contributed by atoms with Crippen molar-refractivity contribution in [2.45, 2.75) is 74.7 Å². The number of carbonyl (C=O) groups excluding carboxylic acids is 2. The van der Waals surface area contributed by atoms with Crippen molar-refractivity contribution < 1.29 is 46.8 Å². The molecule has 4 aromatic rings. The number of benzene rings is 2. The van der Waals surface area contributed by atoms with Crippen molar-refractivity contribution in [2.75, 3.05) is 13.2 Å². The van der Waals surface area contributed by atoms with Crippen LogP contribution in [0.2, 0.25) is 0 Å². The summed E-state index contributed by atoms with van der Waals surface area (Å²) in [5, 5.41) is 20.2. The van der Waals surface area contributed by atoms with E-state index in [9.17, 15) is 27.9 Å². The van der Waals surface area contributed by atoms with Crippen molar-refractivity contribution in [1.82, 2.24) is 20.1 Å². The molecule has 1 unspecified atom stereocenters. The summed E-state index contributed by atoms with van der Waals surface area (Å²) in [6, 6.07) is 8.87. The Morgan fingerprint density at radius 1 is 1.10 bits per heavy atom. The smallest absolute Gasteiger partial charge is 0.489 e. The van der Waals surface area contributed by atoms with Gasteiger partial charge in [-0.05, 0) is 74.9 Å². The topological polar surface area (TPSA) is 160 Å². The molecule has 0 spiro atoms. The number of amides is 2. The molecule has 4 N–H and O–H groups in total. The number of carbonyl (C=O) groups is 2. The van der Waals surface area contributed by atoms with Gasteiger partial charge in [0.25, 0.3) is 5.91 Å². The Hall–Kier alpha value is -5.05. The van der Waals surface area contributed by atoms with Gasteiger partial charge in [0.05, 0.1) is 18.3 Å². The highest BCUT2D eigenvalue weighted by Gasteiger charge is 2.51. The minimum atomic E-state index is -3.84. The molecule has 260 valence electrons. The Bertz CT molecular complexity index is 2130. The third-order valence-electron chi connectivity index (χ3n) is 10.2. The molecule has 0 bridgehead atoms. The van der Waals surface area contributed by atoms with E-state index in [1.807, 2.05) is 0 Å². The Morgan fingerprint density at radius 2 is 1.86 bits per heavy atom. The highest BCUT2D eigenvalue weighted by molar-refractivity contribution is 6.00. The van der Waals surface area contributed by atoms with Crippen molar-refractivity contribution in [2.24, 2.45) is 11.7 Å². The van der Waals surface area contributed by atoms with E-state index in [0.29, 0.717) is 53.5 Å². The molecule has 3 saturated carbocycles. The second-order valence-corrected chi connectivity index (χ2v) is 14.1.